The number of nitrogens with one attached hydrogen (secondary N) is 2. The number of para-hydroxylation sites is 1. The van der Waals surface area contributed by atoms with Crippen molar-refractivity contribution in [2.45, 2.75) is 12.8 Å². The van der Waals surface area contributed by atoms with Crippen LogP contribution < -0.4 is 10.1 Å². The highest BCUT2D eigenvalue weighted by Gasteiger charge is 2.27. The summed E-state index contributed by atoms with van der Waals surface area (Å²) in [6.07, 6.45) is 3.81. The Labute approximate surface area is 157 Å². The smallest absolute Gasteiger partial charge is 0.129 e. The number of H-pyrrole nitrogens is 1. The number of hydrogen-bond acceptors (Lipinski definition) is 4. The number of methoxy groups -OCH3 is 1. The average Bonchev–Trinajstić information content (AvgIpc) is 3.34. The minimum atomic E-state index is 0.224. The Balaban J connectivity index is 1.61. The van der Waals surface area contributed by atoms with Crippen LogP contribution >= 0.6 is 0 Å². The van der Waals surface area contributed by atoms with E-state index in [-0.39, 0.29) is 5.92 Å². The summed E-state index contributed by atoms with van der Waals surface area (Å²) in [6, 6.07) is 14.8. The lowest BCUT2D eigenvalue weighted by Gasteiger charge is -2.15. The van der Waals surface area contributed by atoms with Crippen LogP contribution in [0.15, 0.2) is 54.9 Å². The first-order valence-corrected chi connectivity index (χ1v) is 9.05. The number of pyridine rings is 1. The molecule has 5 nitrogen and oxygen atoms in total. The van der Waals surface area contributed by atoms with Crippen molar-refractivity contribution >= 4 is 16.7 Å². The Kier molecular flexibility index (Phi) is 3.60. The molecule has 0 saturated carbocycles. The third-order valence-electron chi connectivity index (χ3n) is 5.36. The van der Waals surface area contributed by atoms with Crippen molar-refractivity contribution in [3.8, 4) is 16.9 Å². The molecule has 134 valence electrons. The van der Waals surface area contributed by atoms with Crippen LogP contribution in [-0.2, 0) is 0 Å². The first-order valence-electron chi connectivity index (χ1n) is 9.05. The fourth-order valence-corrected chi connectivity index (χ4v) is 4.00. The van der Waals surface area contributed by atoms with E-state index >= 15 is 0 Å². The molecule has 1 atom stereocenters. The van der Waals surface area contributed by atoms with Gasteiger partial charge < -0.3 is 10.1 Å². The molecule has 0 fully saturated rings. The summed E-state index contributed by atoms with van der Waals surface area (Å²) in [4.78, 5) is 4.69. The summed E-state index contributed by atoms with van der Waals surface area (Å²) in [7, 11) is 1.72. The highest BCUT2D eigenvalue weighted by molar-refractivity contribution is 5.87. The van der Waals surface area contributed by atoms with Gasteiger partial charge in [0.05, 0.1) is 18.8 Å². The second-order valence-electron chi connectivity index (χ2n) is 6.96. The number of nitrogens with zero attached hydrogens (tertiary/aromatic N) is 2. The van der Waals surface area contributed by atoms with Crippen LogP contribution in [0.3, 0.4) is 0 Å². The molecule has 0 bridgehead atoms. The average molecular weight is 356 g/mol. The summed E-state index contributed by atoms with van der Waals surface area (Å²) in [6.45, 7) is 2.93. The third-order valence-corrected chi connectivity index (χ3v) is 5.36. The topological polar surface area (TPSA) is 62.8 Å². The molecule has 5 rings (SSSR count). The van der Waals surface area contributed by atoms with Gasteiger partial charge in [0.25, 0.3) is 0 Å². The zero-order valence-electron chi connectivity index (χ0n) is 15.3. The van der Waals surface area contributed by atoms with E-state index in [0.717, 1.165) is 40.1 Å². The fraction of sp³-hybridized carbons (Fsp3) is 0.182. The number of aryl methyl sites for hydroxylation is 1. The molecule has 5 heteroatoms. The molecule has 1 unspecified atom stereocenters. The number of rotatable bonds is 3. The third kappa shape index (κ3) is 2.54. The van der Waals surface area contributed by atoms with Crippen molar-refractivity contribution in [1.29, 1.82) is 0 Å². The number of ether oxygens (including phenoxy) is 1. The number of fused-ring (bicyclic) bond motifs is 2. The van der Waals surface area contributed by atoms with Gasteiger partial charge in [0.1, 0.15) is 11.6 Å². The number of aromatic amines is 1. The predicted molar refractivity (Wildman–Crippen MR) is 107 cm³/mol. The Bertz CT molecular complexity index is 1150. The Morgan fingerprint density at radius 2 is 1.93 bits per heavy atom. The molecule has 27 heavy (non-hydrogen) atoms. The number of aromatic nitrogens is 3. The molecule has 3 heterocycles. The van der Waals surface area contributed by atoms with Crippen LogP contribution in [0.1, 0.15) is 22.6 Å². The second-order valence-corrected chi connectivity index (χ2v) is 6.96. The zero-order chi connectivity index (χ0) is 18.4. The van der Waals surface area contributed by atoms with Gasteiger partial charge in [-0.1, -0.05) is 18.2 Å². The van der Waals surface area contributed by atoms with E-state index in [0.29, 0.717) is 0 Å². The first kappa shape index (κ1) is 15.9. The molecule has 2 N–H and O–H groups in total. The summed E-state index contributed by atoms with van der Waals surface area (Å²) < 4.78 is 5.58. The van der Waals surface area contributed by atoms with Gasteiger partial charge in [0.15, 0.2) is 0 Å². The van der Waals surface area contributed by atoms with Crippen molar-refractivity contribution in [3.05, 3.63) is 71.5 Å². The number of hydrogen-bond donors (Lipinski definition) is 2. The maximum absolute atomic E-state index is 5.58. The Morgan fingerprint density at radius 3 is 2.81 bits per heavy atom. The molecule has 2 aromatic heterocycles. The van der Waals surface area contributed by atoms with Gasteiger partial charge in [-0.2, -0.15) is 5.10 Å². The maximum atomic E-state index is 5.58. The molecule has 0 saturated heterocycles. The van der Waals surface area contributed by atoms with Crippen LogP contribution in [0.2, 0.25) is 0 Å². The van der Waals surface area contributed by atoms with E-state index in [1.54, 1.807) is 7.11 Å². The van der Waals surface area contributed by atoms with Gasteiger partial charge in [-0.25, -0.2) is 4.98 Å². The van der Waals surface area contributed by atoms with E-state index in [1.165, 1.54) is 16.7 Å². The van der Waals surface area contributed by atoms with E-state index in [4.69, 9.17) is 4.74 Å². The lowest BCUT2D eigenvalue weighted by Crippen LogP contribution is -2.05. The SMILES string of the molecule is COc1ccccc1C1CNc2ncc(-c3cc(C)c4[nH]ncc4c3)cc21. The molecule has 4 aromatic rings. The highest BCUT2D eigenvalue weighted by Crippen LogP contribution is 2.40. The number of anilines is 1. The van der Waals surface area contributed by atoms with Gasteiger partial charge in [-0.15, -0.1) is 0 Å². The number of benzene rings is 2. The standard InChI is InChI=1S/C22H20N4O/c1-13-7-14(8-16-11-25-26-21(13)16)15-9-18-19(12-24-22(18)23-10-15)17-5-3-4-6-20(17)27-2/h3-11,19H,12H2,1-2H3,(H,23,24)(H,25,26). The molecule has 2 aromatic carbocycles. The van der Waals surface area contributed by atoms with Crippen molar-refractivity contribution in [2.75, 3.05) is 19.0 Å². The van der Waals surface area contributed by atoms with Crippen molar-refractivity contribution in [1.82, 2.24) is 15.2 Å². The van der Waals surface area contributed by atoms with Crippen molar-refractivity contribution in [2.24, 2.45) is 0 Å². The predicted octanol–water partition coefficient (Wildman–Crippen LogP) is 4.50. The largest absolute Gasteiger partial charge is 0.496 e. The Morgan fingerprint density at radius 1 is 1.04 bits per heavy atom. The van der Waals surface area contributed by atoms with Crippen LogP contribution in [-0.4, -0.2) is 28.8 Å². The molecule has 1 aliphatic rings. The van der Waals surface area contributed by atoms with Crippen LogP contribution in [0, 0.1) is 6.92 Å². The monoisotopic (exact) mass is 356 g/mol. The minimum absolute atomic E-state index is 0.224. The van der Waals surface area contributed by atoms with E-state index < -0.39 is 0 Å². The van der Waals surface area contributed by atoms with Gasteiger partial charge in [-0.3, -0.25) is 5.10 Å². The maximum Gasteiger partial charge on any atom is 0.129 e. The van der Waals surface area contributed by atoms with Gasteiger partial charge in [-0.05, 0) is 42.3 Å². The Hall–Kier alpha value is -3.34. The normalized spacial score (nSPS) is 15.6. The molecule has 1 aliphatic heterocycles. The summed E-state index contributed by atoms with van der Waals surface area (Å²) in [5, 5.41) is 11.8. The van der Waals surface area contributed by atoms with Crippen LogP contribution in [0.5, 0.6) is 5.75 Å². The quantitative estimate of drug-likeness (QED) is 0.567. The highest BCUT2D eigenvalue weighted by atomic mass is 16.5. The first-order chi connectivity index (χ1) is 13.2. The summed E-state index contributed by atoms with van der Waals surface area (Å²) >= 11 is 0. The van der Waals surface area contributed by atoms with E-state index in [9.17, 15) is 0 Å². The molecular weight excluding hydrogens is 336 g/mol. The molecule has 0 amide bonds. The molecule has 0 spiro atoms. The minimum Gasteiger partial charge on any atom is -0.496 e. The fourth-order valence-electron chi connectivity index (χ4n) is 4.00. The van der Waals surface area contributed by atoms with Crippen LogP contribution in [0.25, 0.3) is 22.0 Å². The van der Waals surface area contributed by atoms with Crippen molar-refractivity contribution < 1.29 is 4.74 Å². The van der Waals surface area contributed by atoms with Crippen molar-refractivity contribution in [3.63, 3.8) is 0 Å². The van der Waals surface area contributed by atoms with E-state index in [1.807, 2.05) is 24.5 Å². The summed E-state index contributed by atoms with van der Waals surface area (Å²) in [5.74, 6) is 2.09. The van der Waals surface area contributed by atoms with Gasteiger partial charge >= 0.3 is 0 Å². The van der Waals surface area contributed by atoms with Crippen LogP contribution in [0.4, 0.5) is 5.82 Å². The molecule has 0 aliphatic carbocycles. The summed E-state index contributed by atoms with van der Waals surface area (Å²) in [5.41, 5.74) is 6.93. The lowest BCUT2D eigenvalue weighted by molar-refractivity contribution is 0.408. The second kappa shape index (κ2) is 6.13. The van der Waals surface area contributed by atoms with Gasteiger partial charge in [0, 0.05) is 40.7 Å². The van der Waals surface area contributed by atoms with Gasteiger partial charge in [0.2, 0.25) is 0 Å². The molecular formula is C22H20N4O. The lowest BCUT2D eigenvalue weighted by atomic mass is 9.91. The zero-order valence-corrected chi connectivity index (χ0v) is 15.3. The van der Waals surface area contributed by atoms with E-state index in [2.05, 4.69) is 57.8 Å². The molecule has 0 radical (unpaired) electrons.